The average Bonchev–Trinajstić information content (AvgIpc) is 2.85. The van der Waals surface area contributed by atoms with Gasteiger partial charge in [-0.25, -0.2) is 4.98 Å². The molecular weight excluding hydrogens is 266 g/mol. The lowest BCUT2D eigenvalue weighted by Crippen LogP contribution is -2.36. The van der Waals surface area contributed by atoms with E-state index in [9.17, 15) is 0 Å². The molecule has 0 amide bonds. The zero-order valence-electron chi connectivity index (χ0n) is 13.2. The van der Waals surface area contributed by atoms with E-state index in [1.807, 2.05) is 18.4 Å². The molecule has 1 heterocycles. The summed E-state index contributed by atoms with van der Waals surface area (Å²) < 4.78 is 0. The van der Waals surface area contributed by atoms with Crippen LogP contribution in [0.2, 0.25) is 0 Å². The monoisotopic (exact) mass is 295 g/mol. The summed E-state index contributed by atoms with van der Waals surface area (Å²) in [6, 6.07) is 0.719. The Morgan fingerprint density at radius 3 is 2.60 bits per heavy atom. The summed E-state index contributed by atoms with van der Waals surface area (Å²) in [7, 11) is 2.02. The van der Waals surface area contributed by atoms with Crippen molar-refractivity contribution in [3.05, 3.63) is 10.6 Å². The van der Waals surface area contributed by atoms with Gasteiger partial charge in [-0.2, -0.15) is 0 Å². The van der Waals surface area contributed by atoms with Crippen molar-refractivity contribution < 1.29 is 0 Å². The fraction of sp³-hybridized carbons (Fsp3) is 0.812. The molecule has 0 atom stereocenters. The van der Waals surface area contributed by atoms with Crippen LogP contribution in [0.5, 0.6) is 0 Å². The van der Waals surface area contributed by atoms with Gasteiger partial charge in [0.1, 0.15) is 0 Å². The molecule has 20 heavy (non-hydrogen) atoms. The van der Waals surface area contributed by atoms with Gasteiger partial charge >= 0.3 is 0 Å². The van der Waals surface area contributed by atoms with E-state index in [0.29, 0.717) is 0 Å². The SMILES string of the molecule is CCCc1nc(N(CC)C2CCCCC2)sc1CNC. The highest BCUT2D eigenvalue weighted by Gasteiger charge is 2.23. The molecule has 0 bridgehead atoms. The number of anilines is 1. The molecule has 1 N–H and O–H groups in total. The second kappa shape index (κ2) is 7.99. The third-order valence-corrected chi connectivity index (χ3v) is 5.33. The van der Waals surface area contributed by atoms with Crippen LogP contribution in [0, 0.1) is 0 Å². The highest BCUT2D eigenvalue weighted by atomic mass is 32.1. The van der Waals surface area contributed by atoms with E-state index in [1.54, 1.807) is 0 Å². The van der Waals surface area contributed by atoms with Gasteiger partial charge in [-0.15, -0.1) is 11.3 Å². The van der Waals surface area contributed by atoms with Gasteiger partial charge in [-0.1, -0.05) is 32.6 Å². The van der Waals surface area contributed by atoms with Gasteiger partial charge in [-0.3, -0.25) is 0 Å². The summed E-state index contributed by atoms with van der Waals surface area (Å²) >= 11 is 1.90. The number of hydrogen-bond acceptors (Lipinski definition) is 4. The van der Waals surface area contributed by atoms with Crippen molar-refractivity contribution in [3.63, 3.8) is 0 Å². The lowest BCUT2D eigenvalue weighted by molar-refractivity contribution is 0.418. The molecule has 2 rings (SSSR count). The van der Waals surface area contributed by atoms with Crippen molar-refractivity contribution in [2.24, 2.45) is 0 Å². The van der Waals surface area contributed by atoms with Crippen LogP contribution in [0.4, 0.5) is 5.13 Å². The molecule has 1 aliphatic rings. The lowest BCUT2D eigenvalue weighted by Gasteiger charge is -2.33. The second-order valence-corrected chi connectivity index (χ2v) is 6.79. The fourth-order valence-electron chi connectivity index (χ4n) is 3.17. The summed E-state index contributed by atoms with van der Waals surface area (Å²) in [5.74, 6) is 0. The summed E-state index contributed by atoms with van der Waals surface area (Å²) in [5.41, 5.74) is 1.32. The summed E-state index contributed by atoms with van der Waals surface area (Å²) in [5, 5.41) is 4.54. The van der Waals surface area contributed by atoms with Crippen molar-refractivity contribution in [2.45, 2.75) is 71.4 Å². The third kappa shape index (κ3) is 3.73. The summed E-state index contributed by atoms with van der Waals surface area (Å²) in [6.07, 6.45) is 9.16. The van der Waals surface area contributed by atoms with Gasteiger partial charge in [0.05, 0.1) is 5.69 Å². The number of nitrogens with one attached hydrogen (secondary N) is 1. The van der Waals surface area contributed by atoms with Crippen LogP contribution in [-0.4, -0.2) is 24.6 Å². The van der Waals surface area contributed by atoms with E-state index in [4.69, 9.17) is 4.98 Å². The molecule has 0 aromatic carbocycles. The predicted molar refractivity (Wildman–Crippen MR) is 88.8 cm³/mol. The number of aryl methyl sites for hydroxylation is 1. The van der Waals surface area contributed by atoms with Crippen LogP contribution in [0.25, 0.3) is 0 Å². The van der Waals surface area contributed by atoms with E-state index in [2.05, 4.69) is 24.1 Å². The van der Waals surface area contributed by atoms with Crippen molar-refractivity contribution >= 4 is 16.5 Å². The van der Waals surface area contributed by atoms with Gasteiger partial charge in [0.15, 0.2) is 5.13 Å². The van der Waals surface area contributed by atoms with Gasteiger partial charge in [-0.05, 0) is 33.2 Å². The maximum atomic E-state index is 4.97. The zero-order chi connectivity index (χ0) is 14.4. The minimum Gasteiger partial charge on any atom is -0.345 e. The standard InChI is InChI=1S/C16H29N3S/c1-4-9-14-15(12-17-3)20-16(18-14)19(5-2)13-10-7-6-8-11-13/h13,17H,4-12H2,1-3H3. The number of thiazole rings is 1. The molecule has 0 spiro atoms. The Balaban J connectivity index is 2.17. The Morgan fingerprint density at radius 1 is 1.25 bits per heavy atom. The first-order valence-electron chi connectivity index (χ1n) is 8.19. The van der Waals surface area contributed by atoms with Crippen LogP contribution in [0.1, 0.15) is 62.9 Å². The van der Waals surface area contributed by atoms with Crippen LogP contribution < -0.4 is 10.2 Å². The van der Waals surface area contributed by atoms with Gasteiger partial charge in [0.25, 0.3) is 0 Å². The highest BCUT2D eigenvalue weighted by Crippen LogP contribution is 2.32. The number of nitrogens with zero attached hydrogens (tertiary/aromatic N) is 2. The fourth-order valence-corrected chi connectivity index (χ4v) is 4.42. The topological polar surface area (TPSA) is 28.2 Å². The Labute approximate surface area is 127 Å². The largest absolute Gasteiger partial charge is 0.345 e. The molecule has 1 aliphatic carbocycles. The molecule has 1 fully saturated rings. The lowest BCUT2D eigenvalue weighted by atomic mass is 9.94. The maximum Gasteiger partial charge on any atom is 0.186 e. The first kappa shape index (κ1) is 15.8. The quantitative estimate of drug-likeness (QED) is 0.825. The zero-order valence-corrected chi connectivity index (χ0v) is 14.1. The van der Waals surface area contributed by atoms with Gasteiger partial charge in [0, 0.05) is 24.0 Å². The van der Waals surface area contributed by atoms with Crippen molar-refractivity contribution in [1.29, 1.82) is 0 Å². The Kier molecular flexibility index (Phi) is 6.30. The molecule has 3 nitrogen and oxygen atoms in total. The first-order chi connectivity index (χ1) is 9.80. The number of rotatable bonds is 7. The van der Waals surface area contributed by atoms with Crippen LogP contribution in [0.3, 0.4) is 0 Å². The van der Waals surface area contributed by atoms with E-state index in [-0.39, 0.29) is 0 Å². The van der Waals surface area contributed by atoms with Crippen molar-refractivity contribution in [1.82, 2.24) is 10.3 Å². The molecule has 114 valence electrons. The van der Waals surface area contributed by atoms with Gasteiger partial charge in [0.2, 0.25) is 0 Å². The number of aromatic nitrogens is 1. The Hall–Kier alpha value is -0.610. The average molecular weight is 295 g/mol. The minimum atomic E-state index is 0.719. The second-order valence-electron chi connectivity index (χ2n) is 5.72. The molecular formula is C16H29N3S. The minimum absolute atomic E-state index is 0.719. The van der Waals surface area contributed by atoms with Crippen molar-refractivity contribution in [2.75, 3.05) is 18.5 Å². The highest BCUT2D eigenvalue weighted by molar-refractivity contribution is 7.15. The van der Waals surface area contributed by atoms with E-state index in [0.717, 1.165) is 25.6 Å². The summed E-state index contributed by atoms with van der Waals surface area (Å²) in [4.78, 5) is 8.96. The molecule has 0 saturated heterocycles. The van der Waals surface area contributed by atoms with Crippen LogP contribution in [-0.2, 0) is 13.0 Å². The molecule has 0 radical (unpaired) electrons. The third-order valence-electron chi connectivity index (χ3n) is 4.19. The molecule has 4 heteroatoms. The smallest absolute Gasteiger partial charge is 0.186 e. The van der Waals surface area contributed by atoms with Crippen LogP contribution in [0.15, 0.2) is 0 Å². The van der Waals surface area contributed by atoms with E-state index in [1.165, 1.54) is 54.2 Å². The molecule has 1 aromatic rings. The Morgan fingerprint density at radius 2 is 2.00 bits per heavy atom. The number of hydrogen-bond donors (Lipinski definition) is 1. The first-order valence-corrected chi connectivity index (χ1v) is 9.01. The van der Waals surface area contributed by atoms with Crippen molar-refractivity contribution in [3.8, 4) is 0 Å². The van der Waals surface area contributed by atoms with Crippen LogP contribution >= 0.6 is 11.3 Å². The summed E-state index contributed by atoms with van der Waals surface area (Å²) in [6.45, 7) is 6.55. The maximum absolute atomic E-state index is 4.97. The molecule has 0 unspecified atom stereocenters. The molecule has 1 aromatic heterocycles. The normalized spacial score (nSPS) is 16.6. The van der Waals surface area contributed by atoms with E-state index < -0.39 is 0 Å². The Bertz CT molecular complexity index is 373. The molecule has 0 aliphatic heterocycles. The van der Waals surface area contributed by atoms with E-state index >= 15 is 0 Å². The molecule has 1 saturated carbocycles. The predicted octanol–water partition coefficient (Wildman–Crippen LogP) is 3.97. The van der Waals surface area contributed by atoms with Gasteiger partial charge < -0.3 is 10.2 Å².